The van der Waals surface area contributed by atoms with E-state index in [9.17, 15) is 0 Å². The molecule has 0 spiro atoms. The Hall–Kier alpha value is -3.51. The van der Waals surface area contributed by atoms with E-state index in [1.165, 1.54) is 10.9 Å². The minimum Gasteiger partial charge on any atom is -0.497 e. The highest BCUT2D eigenvalue weighted by molar-refractivity contribution is 7.07. The molecule has 0 saturated heterocycles. The maximum Gasteiger partial charge on any atom is 0.190 e. The van der Waals surface area contributed by atoms with Crippen molar-refractivity contribution in [3.05, 3.63) is 88.9 Å². The van der Waals surface area contributed by atoms with Gasteiger partial charge in [-0.25, -0.2) is 4.99 Å². The Kier molecular flexibility index (Phi) is 4.99. The number of fused-ring (bicyclic) bond motifs is 1. The average molecular weight is 416 g/mol. The van der Waals surface area contributed by atoms with Crippen LogP contribution in [-0.4, -0.2) is 16.7 Å². The fourth-order valence-electron chi connectivity index (χ4n) is 3.59. The number of nitrogens with zero attached hydrogens (tertiary/aromatic N) is 2. The van der Waals surface area contributed by atoms with Gasteiger partial charge in [-0.1, -0.05) is 18.2 Å². The first-order chi connectivity index (χ1) is 14.8. The van der Waals surface area contributed by atoms with Gasteiger partial charge in [0.2, 0.25) is 0 Å². The largest absolute Gasteiger partial charge is 0.497 e. The molecule has 0 saturated carbocycles. The van der Waals surface area contributed by atoms with E-state index >= 15 is 0 Å². The Morgan fingerprint density at radius 1 is 1.07 bits per heavy atom. The fourth-order valence-corrected chi connectivity index (χ4v) is 4.53. The number of benzene rings is 2. The summed E-state index contributed by atoms with van der Waals surface area (Å²) in [6.45, 7) is 0.802. The number of hydrogen-bond acceptors (Lipinski definition) is 4. The van der Waals surface area contributed by atoms with Crippen molar-refractivity contribution in [1.82, 2.24) is 9.55 Å². The molecule has 5 aromatic rings. The lowest BCUT2D eigenvalue weighted by atomic mass is 10.1. The van der Waals surface area contributed by atoms with E-state index in [1.54, 1.807) is 24.7 Å². The van der Waals surface area contributed by atoms with Gasteiger partial charge in [-0.05, 0) is 54.4 Å². The molecule has 3 heterocycles. The van der Waals surface area contributed by atoms with E-state index < -0.39 is 0 Å². The second-order valence-electron chi connectivity index (χ2n) is 6.95. The zero-order valence-electron chi connectivity index (χ0n) is 16.5. The molecule has 150 valence electrons. The lowest BCUT2D eigenvalue weighted by Gasteiger charge is -2.07. The summed E-state index contributed by atoms with van der Waals surface area (Å²) < 4.78 is 13.2. The van der Waals surface area contributed by atoms with Crippen LogP contribution in [0.25, 0.3) is 22.4 Å². The number of ether oxygens (including phenoxy) is 1. The molecule has 0 aliphatic heterocycles. The van der Waals surface area contributed by atoms with Crippen molar-refractivity contribution in [3.8, 4) is 17.2 Å². The number of aromatic nitrogens is 2. The second-order valence-corrected chi connectivity index (χ2v) is 7.79. The third kappa shape index (κ3) is 3.57. The molecule has 0 unspecified atom stereocenters. The van der Waals surface area contributed by atoms with Crippen LogP contribution in [0, 0.1) is 0 Å². The van der Waals surface area contributed by atoms with Gasteiger partial charge in [-0.3, -0.25) is 0 Å². The number of para-hydroxylation sites is 1. The molecule has 0 aliphatic carbocycles. The maximum atomic E-state index is 5.68. The lowest BCUT2D eigenvalue weighted by molar-refractivity contribution is 0.415. The predicted octanol–water partition coefficient (Wildman–Crippen LogP) is 5.77. The molecule has 0 fully saturated rings. The lowest BCUT2D eigenvalue weighted by Crippen LogP contribution is -2.17. The van der Waals surface area contributed by atoms with Gasteiger partial charge in [0.25, 0.3) is 0 Å². The molecular weight excluding hydrogens is 394 g/mol. The van der Waals surface area contributed by atoms with E-state index in [2.05, 4.69) is 45.4 Å². The summed E-state index contributed by atoms with van der Waals surface area (Å²) in [6.07, 6.45) is 4.70. The first kappa shape index (κ1) is 18.5. The first-order valence-corrected chi connectivity index (χ1v) is 10.7. The molecule has 0 bridgehead atoms. The van der Waals surface area contributed by atoms with Crippen LogP contribution in [0.2, 0.25) is 0 Å². The van der Waals surface area contributed by atoms with Gasteiger partial charge in [0, 0.05) is 29.0 Å². The predicted molar refractivity (Wildman–Crippen MR) is 120 cm³/mol. The van der Waals surface area contributed by atoms with Gasteiger partial charge in [-0.2, -0.15) is 0 Å². The van der Waals surface area contributed by atoms with Crippen LogP contribution in [0.3, 0.4) is 0 Å². The molecule has 3 aromatic heterocycles. The minimum absolute atomic E-state index is 0.802. The van der Waals surface area contributed by atoms with Crippen molar-refractivity contribution in [2.24, 2.45) is 4.99 Å². The van der Waals surface area contributed by atoms with Crippen molar-refractivity contribution in [1.29, 1.82) is 0 Å². The highest BCUT2D eigenvalue weighted by atomic mass is 32.1. The third-order valence-corrected chi connectivity index (χ3v) is 6.01. The number of thiazole rings is 1. The summed E-state index contributed by atoms with van der Waals surface area (Å²) in [7, 11) is 1.67. The molecule has 30 heavy (non-hydrogen) atoms. The van der Waals surface area contributed by atoms with Crippen LogP contribution in [0.1, 0.15) is 5.56 Å². The molecule has 0 aliphatic rings. The molecular formula is C24H21N3O2S. The van der Waals surface area contributed by atoms with Crippen molar-refractivity contribution < 1.29 is 9.15 Å². The van der Waals surface area contributed by atoms with Crippen molar-refractivity contribution in [3.63, 3.8) is 0 Å². The summed E-state index contributed by atoms with van der Waals surface area (Å²) in [5.41, 5.74) is 4.39. The Balaban J connectivity index is 1.52. The molecule has 1 N–H and O–H groups in total. The number of furan rings is 1. The SMILES string of the molecule is COc1ccc(N=c2scc(-c3ccco3)n2CCc2c[nH]c3ccccc23)cc1. The van der Waals surface area contributed by atoms with E-state index in [1.807, 2.05) is 36.4 Å². The van der Waals surface area contributed by atoms with E-state index in [0.29, 0.717) is 0 Å². The monoisotopic (exact) mass is 415 g/mol. The number of aromatic amines is 1. The molecule has 0 amide bonds. The van der Waals surface area contributed by atoms with Gasteiger partial charge < -0.3 is 18.7 Å². The van der Waals surface area contributed by atoms with Gasteiger partial charge in [0.05, 0.1) is 24.8 Å². The van der Waals surface area contributed by atoms with Crippen LogP contribution >= 0.6 is 11.3 Å². The Morgan fingerprint density at radius 2 is 1.93 bits per heavy atom. The smallest absolute Gasteiger partial charge is 0.190 e. The normalized spacial score (nSPS) is 12.0. The first-order valence-electron chi connectivity index (χ1n) is 9.78. The number of H-pyrrole nitrogens is 1. The highest BCUT2D eigenvalue weighted by Crippen LogP contribution is 2.24. The minimum atomic E-state index is 0.802. The number of aryl methyl sites for hydroxylation is 1. The summed E-state index contributed by atoms with van der Waals surface area (Å²) in [6, 6.07) is 20.1. The molecule has 0 atom stereocenters. The van der Waals surface area contributed by atoms with Gasteiger partial charge in [-0.15, -0.1) is 11.3 Å². The van der Waals surface area contributed by atoms with E-state index in [0.717, 1.165) is 46.2 Å². The maximum absolute atomic E-state index is 5.68. The second kappa shape index (κ2) is 8.08. The van der Waals surface area contributed by atoms with Crippen LogP contribution in [0.4, 0.5) is 5.69 Å². The zero-order valence-corrected chi connectivity index (χ0v) is 17.4. The third-order valence-electron chi connectivity index (χ3n) is 5.15. The van der Waals surface area contributed by atoms with Crippen LogP contribution in [0.5, 0.6) is 5.75 Å². The molecule has 0 radical (unpaired) electrons. The van der Waals surface area contributed by atoms with Crippen LogP contribution < -0.4 is 9.54 Å². The average Bonchev–Trinajstić information content (AvgIpc) is 3.53. The van der Waals surface area contributed by atoms with E-state index in [4.69, 9.17) is 14.1 Å². The summed E-state index contributed by atoms with van der Waals surface area (Å²) >= 11 is 1.62. The van der Waals surface area contributed by atoms with E-state index in [-0.39, 0.29) is 0 Å². The van der Waals surface area contributed by atoms with Crippen LogP contribution in [-0.2, 0) is 13.0 Å². The van der Waals surface area contributed by atoms with Gasteiger partial charge in [0.15, 0.2) is 10.6 Å². The molecule has 2 aromatic carbocycles. The Morgan fingerprint density at radius 3 is 2.73 bits per heavy atom. The fraction of sp³-hybridized carbons (Fsp3) is 0.125. The highest BCUT2D eigenvalue weighted by Gasteiger charge is 2.12. The molecule has 6 heteroatoms. The van der Waals surface area contributed by atoms with Gasteiger partial charge in [0.1, 0.15) is 5.75 Å². The van der Waals surface area contributed by atoms with Crippen molar-refractivity contribution >= 4 is 27.9 Å². The number of methoxy groups -OCH3 is 1. The van der Waals surface area contributed by atoms with Crippen molar-refractivity contribution in [2.75, 3.05) is 7.11 Å². The molecule has 5 rings (SSSR count). The topological polar surface area (TPSA) is 55.5 Å². The quantitative estimate of drug-likeness (QED) is 0.382. The molecule has 5 nitrogen and oxygen atoms in total. The van der Waals surface area contributed by atoms with Crippen LogP contribution in [0.15, 0.2) is 87.9 Å². The van der Waals surface area contributed by atoms with Crippen molar-refractivity contribution in [2.45, 2.75) is 13.0 Å². The zero-order chi connectivity index (χ0) is 20.3. The summed E-state index contributed by atoms with van der Waals surface area (Å²) in [4.78, 5) is 9.19. The Labute approximate surface area is 177 Å². The number of nitrogens with one attached hydrogen (secondary N) is 1. The Bertz CT molecular complexity index is 1330. The number of hydrogen-bond donors (Lipinski definition) is 1. The standard InChI is InChI=1S/C24H21N3O2S/c1-28-19-10-8-18(9-11-19)26-24-27(22(16-30-24)23-7-4-14-29-23)13-12-17-15-25-21-6-3-2-5-20(17)21/h2-11,14-16,25H,12-13H2,1H3. The van der Waals surface area contributed by atoms with Gasteiger partial charge >= 0.3 is 0 Å². The summed E-state index contributed by atoms with van der Waals surface area (Å²) in [5, 5.41) is 3.37. The number of rotatable bonds is 6. The summed E-state index contributed by atoms with van der Waals surface area (Å²) in [5.74, 6) is 1.67.